The SMILES string of the molecule is C=Cc1ccc(N2C(=O)/C(=C\C=C\c3ccccc3CC)C(=O)NC2=S)cc1.CO.O. The van der Waals surface area contributed by atoms with Crippen molar-refractivity contribution in [2.24, 2.45) is 0 Å². The van der Waals surface area contributed by atoms with Crippen LogP contribution in [0.1, 0.15) is 23.6 Å². The van der Waals surface area contributed by atoms with Crippen molar-refractivity contribution >= 4 is 47.0 Å². The predicted molar refractivity (Wildman–Crippen MR) is 129 cm³/mol. The first-order valence-corrected chi connectivity index (χ1v) is 9.79. The summed E-state index contributed by atoms with van der Waals surface area (Å²) in [6, 6.07) is 15.2. The number of hydrogen-bond acceptors (Lipinski definition) is 4. The molecule has 31 heavy (non-hydrogen) atoms. The molecule has 1 saturated heterocycles. The normalized spacial score (nSPS) is 14.6. The van der Waals surface area contributed by atoms with Gasteiger partial charge in [0, 0.05) is 7.11 Å². The molecule has 0 aromatic heterocycles. The highest BCUT2D eigenvalue weighted by Gasteiger charge is 2.33. The minimum atomic E-state index is -0.498. The maximum absolute atomic E-state index is 12.9. The molecule has 0 aliphatic carbocycles. The first-order valence-electron chi connectivity index (χ1n) is 9.38. The Morgan fingerprint density at radius 2 is 1.74 bits per heavy atom. The number of thiocarbonyl (C=S) groups is 1. The fourth-order valence-corrected chi connectivity index (χ4v) is 3.22. The minimum Gasteiger partial charge on any atom is -0.412 e. The Kier molecular flexibility index (Phi) is 10.2. The van der Waals surface area contributed by atoms with Crippen LogP contribution in [0.2, 0.25) is 0 Å². The van der Waals surface area contributed by atoms with Crippen molar-refractivity contribution in [1.82, 2.24) is 5.32 Å². The number of aliphatic hydroxyl groups excluding tert-OH is 1. The predicted octanol–water partition coefficient (Wildman–Crippen LogP) is 3.06. The molecule has 0 atom stereocenters. The molecule has 0 spiro atoms. The lowest BCUT2D eigenvalue weighted by Crippen LogP contribution is -2.54. The molecule has 0 saturated carbocycles. The van der Waals surface area contributed by atoms with Crippen molar-refractivity contribution in [3.05, 3.63) is 89.5 Å². The van der Waals surface area contributed by atoms with Crippen LogP contribution in [0, 0.1) is 0 Å². The van der Waals surface area contributed by atoms with Gasteiger partial charge in [0.1, 0.15) is 5.57 Å². The molecule has 3 rings (SSSR count). The van der Waals surface area contributed by atoms with Gasteiger partial charge in [-0.3, -0.25) is 19.8 Å². The topological polar surface area (TPSA) is 101 Å². The Bertz CT molecular complexity index is 1010. The highest BCUT2D eigenvalue weighted by molar-refractivity contribution is 7.80. The van der Waals surface area contributed by atoms with Crippen LogP contribution in [0.25, 0.3) is 12.2 Å². The van der Waals surface area contributed by atoms with Crippen molar-refractivity contribution in [2.45, 2.75) is 13.3 Å². The Hall–Kier alpha value is -3.39. The van der Waals surface area contributed by atoms with Gasteiger partial charge in [-0.25, -0.2) is 0 Å². The van der Waals surface area contributed by atoms with Crippen molar-refractivity contribution < 1.29 is 20.2 Å². The van der Waals surface area contributed by atoms with Gasteiger partial charge in [-0.1, -0.05) is 68.1 Å². The summed E-state index contributed by atoms with van der Waals surface area (Å²) in [6.45, 7) is 5.80. The van der Waals surface area contributed by atoms with Crippen LogP contribution in [0.4, 0.5) is 5.69 Å². The summed E-state index contributed by atoms with van der Waals surface area (Å²) in [5, 5.41) is 9.65. The summed E-state index contributed by atoms with van der Waals surface area (Å²) >= 11 is 5.21. The van der Waals surface area contributed by atoms with Gasteiger partial charge in [0.25, 0.3) is 11.8 Å². The molecule has 7 heteroatoms. The van der Waals surface area contributed by atoms with Gasteiger partial charge < -0.3 is 10.6 Å². The second-order valence-electron chi connectivity index (χ2n) is 6.19. The number of aryl methyl sites for hydroxylation is 1. The van der Waals surface area contributed by atoms with Gasteiger partial charge in [0.15, 0.2) is 5.11 Å². The van der Waals surface area contributed by atoms with E-state index in [4.69, 9.17) is 17.3 Å². The number of aliphatic hydroxyl groups is 1. The van der Waals surface area contributed by atoms with E-state index in [1.165, 1.54) is 16.5 Å². The molecule has 0 bridgehead atoms. The maximum atomic E-state index is 12.9. The average Bonchev–Trinajstić information content (AvgIpc) is 2.78. The van der Waals surface area contributed by atoms with Gasteiger partial charge >= 0.3 is 0 Å². The molecule has 2 aromatic carbocycles. The first-order chi connectivity index (χ1) is 14.5. The molecule has 2 aromatic rings. The molecule has 162 valence electrons. The van der Waals surface area contributed by atoms with Crippen LogP contribution in [0.15, 0.2) is 72.8 Å². The molecular formula is C24H26N2O4S. The number of amides is 2. The van der Waals surface area contributed by atoms with E-state index >= 15 is 0 Å². The van der Waals surface area contributed by atoms with Crippen molar-refractivity contribution in [1.29, 1.82) is 0 Å². The van der Waals surface area contributed by atoms with Crippen LogP contribution < -0.4 is 10.2 Å². The Morgan fingerprint density at radius 1 is 1.10 bits per heavy atom. The van der Waals surface area contributed by atoms with Crippen LogP contribution in [0.3, 0.4) is 0 Å². The highest BCUT2D eigenvalue weighted by atomic mass is 32.1. The summed E-state index contributed by atoms with van der Waals surface area (Å²) in [7, 11) is 1.00. The number of allylic oxidation sites excluding steroid dienone is 2. The molecular weight excluding hydrogens is 412 g/mol. The van der Waals surface area contributed by atoms with Crippen LogP contribution in [-0.4, -0.2) is 34.6 Å². The van der Waals surface area contributed by atoms with Crippen molar-refractivity contribution in [3.8, 4) is 0 Å². The molecule has 0 radical (unpaired) electrons. The lowest BCUT2D eigenvalue weighted by molar-refractivity contribution is -0.122. The number of benzene rings is 2. The van der Waals surface area contributed by atoms with Gasteiger partial charge in [0.2, 0.25) is 0 Å². The third-order valence-electron chi connectivity index (χ3n) is 4.46. The highest BCUT2D eigenvalue weighted by Crippen LogP contribution is 2.22. The number of anilines is 1. The second-order valence-corrected chi connectivity index (χ2v) is 6.57. The summed E-state index contributed by atoms with van der Waals surface area (Å²) in [4.78, 5) is 26.5. The van der Waals surface area contributed by atoms with Gasteiger partial charge in [-0.15, -0.1) is 0 Å². The fraction of sp³-hybridized carbons (Fsp3) is 0.125. The number of hydrogen-bond donors (Lipinski definition) is 2. The molecule has 1 fully saturated rings. The molecule has 4 N–H and O–H groups in total. The quantitative estimate of drug-likeness (QED) is 0.426. The lowest BCUT2D eigenvalue weighted by atomic mass is 10.0. The molecule has 2 amide bonds. The van der Waals surface area contributed by atoms with Crippen LogP contribution >= 0.6 is 12.2 Å². The zero-order valence-electron chi connectivity index (χ0n) is 17.5. The number of carbonyl (C=O) groups is 2. The standard InChI is InChI=1S/C23H20N2O2S.CH4O.H2O/c1-3-16-12-14-19(15-13-16)25-22(27)20(21(26)24-23(25)28)11-7-10-18-9-6-5-8-17(18)4-2;1-2;/h3,5-15H,1,4H2,2H3,(H,24,26,28);2H,1H3;1H2/b10-7+,20-11-;;. The molecule has 1 aliphatic rings. The number of nitrogens with one attached hydrogen (secondary N) is 1. The summed E-state index contributed by atoms with van der Waals surface area (Å²) in [6.07, 6.45) is 7.75. The maximum Gasteiger partial charge on any atom is 0.270 e. The largest absolute Gasteiger partial charge is 0.412 e. The number of rotatable bonds is 5. The monoisotopic (exact) mass is 438 g/mol. The summed E-state index contributed by atoms with van der Waals surface area (Å²) in [5.41, 5.74) is 3.80. The number of carbonyl (C=O) groups excluding carboxylic acids is 2. The van der Waals surface area contributed by atoms with E-state index in [0.717, 1.165) is 24.7 Å². The molecule has 6 nitrogen and oxygen atoms in total. The van der Waals surface area contributed by atoms with Crippen molar-refractivity contribution in [3.63, 3.8) is 0 Å². The third-order valence-corrected chi connectivity index (χ3v) is 4.75. The molecule has 0 unspecified atom stereocenters. The van der Waals surface area contributed by atoms with E-state index in [-0.39, 0.29) is 16.2 Å². The molecule has 1 heterocycles. The Balaban J connectivity index is 0.00000156. The third kappa shape index (κ3) is 6.05. The van der Waals surface area contributed by atoms with Crippen molar-refractivity contribution in [2.75, 3.05) is 12.0 Å². The average molecular weight is 439 g/mol. The Morgan fingerprint density at radius 3 is 2.35 bits per heavy atom. The van der Waals surface area contributed by atoms with E-state index in [2.05, 4.69) is 24.9 Å². The minimum absolute atomic E-state index is 0. The molecule has 1 aliphatic heterocycles. The zero-order chi connectivity index (χ0) is 22.1. The fourth-order valence-electron chi connectivity index (χ4n) is 2.94. The summed E-state index contributed by atoms with van der Waals surface area (Å²) in [5.74, 6) is -0.948. The zero-order valence-corrected chi connectivity index (χ0v) is 18.3. The van der Waals surface area contributed by atoms with Gasteiger partial charge in [0.05, 0.1) is 5.69 Å². The van der Waals surface area contributed by atoms with E-state index in [1.807, 2.05) is 36.4 Å². The lowest BCUT2D eigenvalue weighted by Gasteiger charge is -2.28. The van der Waals surface area contributed by atoms with Gasteiger partial charge in [-0.2, -0.15) is 0 Å². The van der Waals surface area contributed by atoms with Gasteiger partial charge in [-0.05, 0) is 53.5 Å². The van der Waals surface area contributed by atoms with Crippen LogP contribution in [0.5, 0.6) is 0 Å². The second kappa shape index (κ2) is 12.3. The summed E-state index contributed by atoms with van der Waals surface area (Å²) < 4.78 is 0. The number of nitrogens with zero attached hydrogens (tertiary/aromatic N) is 1. The van der Waals surface area contributed by atoms with E-state index < -0.39 is 11.8 Å². The van der Waals surface area contributed by atoms with Crippen LogP contribution in [-0.2, 0) is 16.0 Å². The Labute approximate surface area is 187 Å². The van der Waals surface area contributed by atoms with E-state index in [0.29, 0.717) is 5.69 Å². The van der Waals surface area contributed by atoms with E-state index in [9.17, 15) is 9.59 Å². The smallest absolute Gasteiger partial charge is 0.270 e. The van der Waals surface area contributed by atoms with E-state index in [1.54, 1.807) is 24.3 Å². The first kappa shape index (κ1) is 25.6.